The summed E-state index contributed by atoms with van der Waals surface area (Å²) >= 11 is 0. The highest BCUT2D eigenvalue weighted by molar-refractivity contribution is 5.80. The second-order valence-electron chi connectivity index (χ2n) is 2.45. The van der Waals surface area contributed by atoms with E-state index in [9.17, 15) is 0 Å². The van der Waals surface area contributed by atoms with Crippen LogP contribution in [0.4, 0.5) is 0 Å². The summed E-state index contributed by atoms with van der Waals surface area (Å²) in [6.45, 7) is 2.13. The Balaban J connectivity index is 2.47. The average molecular weight is 147 g/mol. The Kier molecular flexibility index (Phi) is 3.39. The summed E-state index contributed by atoms with van der Waals surface area (Å²) in [6, 6.07) is 0. The van der Waals surface area contributed by atoms with E-state index in [0.29, 0.717) is 0 Å². The lowest BCUT2D eigenvalue weighted by atomic mass is 10.1. The summed E-state index contributed by atoms with van der Waals surface area (Å²) in [4.78, 5) is 4.03. The van der Waals surface area contributed by atoms with Crippen LogP contribution in [0.15, 0.2) is 41.1 Å². The zero-order valence-electron chi connectivity index (χ0n) is 6.83. The van der Waals surface area contributed by atoms with Gasteiger partial charge in [0.1, 0.15) is 0 Å². The normalized spacial score (nSPS) is 20.3. The fourth-order valence-electron chi connectivity index (χ4n) is 0.880. The van der Waals surface area contributed by atoms with E-state index in [4.69, 9.17) is 0 Å². The minimum Gasteiger partial charge on any atom is -0.265 e. The van der Waals surface area contributed by atoms with Gasteiger partial charge in [0.05, 0.1) is 0 Å². The summed E-state index contributed by atoms with van der Waals surface area (Å²) in [5.41, 5.74) is 1.28. The molecule has 0 radical (unpaired) electrons. The third-order valence-electron chi connectivity index (χ3n) is 1.47. The molecule has 1 heterocycles. The van der Waals surface area contributed by atoms with Gasteiger partial charge < -0.3 is 0 Å². The van der Waals surface area contributed by atoms with Crippen LogP contribution in [0.2, 0.25) is 0 Å². The maximum absolute atomic E-state index is 4.03. The molecule has 0 aromatic carbocycles. The Morgan fingerprint density at radius 1 is 1.64 bits per heavy atom. The Morgan fingerprint density at radius 3 is 3.18 bits per heavy atom. The maximum Gasteiger partial charge on any atom is 0.0302 e. The molecule has 0 bridgehead atoms. The highest BCUT2D eigenvalue weighted by Gasteiger charge is 1.90. The first-order valence-corrected chi connectivity index (χ1v) is 3.97. The van der Waals surface area contributed by atoms with Crippen LogP contribution in [0.1, 0.15) is 19.8 Å². The van der Waals surface area contributed by atoms with Gasteiger partial charge in [0.25, 0.3) is 0 Å². The number of hydrogen-bond acceptors (Lipinski definition) is 1. The maximum atomic E-state index is 4.03. The number of aliphatic imine (C=N–C) groups is 1. The topological polar surface area (TPSA) is 12.4 Å². The molecular weight excluding hydrogens is 134 g/mol. The van der Waals surface area contributed by atoms with E-state index in [1.165, 1.54) is 5.57 Å². The van der Waals surface area contributed by atoms with Crippen molar-refractivity contribution in [3.8, 4) is 0 Å². The smallest absolute Gasteiger partial charge is 0.0302 e. The molecule has 0 saturated carbocycles. The Bertz CT molecular complexity index is 219. The second-order valence-corrected chi connectivity index (χ2v) is 2.45. The third kappa shape index (κ3) is 2.99. The predicted molar refractivity (Wildman–Crippen MR) is 49.8 cm³/mol. The standard InChI is InChI=1S/C10H13N/c1-2-3-4-6-10-7-5-8-11-9-10/h3-6,8-9H,2,7H2,1H3/b4-3-,10-6+. The van der Waals surface area contributed by atoms with Gasteiger partial charge >= 0.3 is 0 Å². The number of allylic oxidation sites excluding steroid dienone is 5. The minimum atomic E-state index is 1.01. The van der Waals surface area contributed by atoms with E-state index in [2.05, 4.69) is 36.2 Å². The summed E-state index contributed by atoms with van der Waals surface area (Å²) in [7, 11) is 0. The first kappa shape index (κ1) is 7.99. The largest absolute Gasteiger partial charge is 0.265 e. The molecule has 0 aromatic heterocycles. The van der Waals surface area contributed by atoms with E-state index in [1.54, 1.807) is 0 Å². The molecule has 58 valence electrons. The van der Waals surface area contributed by atoms with Crippen LogP contribution in [0, 0.1) is 0 Å². The fraction of sp³-hybridized carbons (Fsp3) is 0.300. The number of rotatable bonds is 2. The van der Waals surface area contributed by atoms with E-state index in [-0.39, 0.29) is 0 Å². The van der Waals surface area contributed by atoms with Crippen LogP contribution in [-0.4, -0.2) is 6.21 Å². The van der Waals surface area contributed by atoms with Gasteiger partial charge in [0.15, 0.2) is 0 Å². The second kappa shape index (κ2) is 4.67. The molecule has 11 heavy (non-hydrogen) atoms. The molecule has 0 fully saturated rings. The van der Waals surface area contributed by atoms with Crippen molar-refractivity contribution >= 4 is 6.21 Å². The van der Waals surface area contributed by atoms with Crippen molar-refractivity contribution in [2.45, 2.75) is 19.8 Å². The van der Waals surface area contributed by atoms with Crippen molar-refractivity contribution in [3.05, 3.63) is 36.1 Å². The fourth-order valence-corrected chi connectivity index (χ4v) is 0.880. The molecular formula is C10H13N. The van der Waals surface area contributed by atoms with Crippen molar-refractivity contribution < 1.29 is 0 Å². The Labute approximate surface area is 67.8 Å². The van der Waals surface area contributed by atoms with Crippen molar-refractivity contribution in [1.29, 1.82) is 0 Å². The van der Waals surface area contributed by atoms with Crippen LogP contribution in [0.3, 0.4) is 0 Å². The minimum absolute atomic E-state index is 1.01. The van der Waals surface area contributed by atoms with Crippen LogP contribution in [-0.2, 0) is 0 Å². The lowest BCUT2D eigenvalue weighted by Crippen LogP contribution is -1.85. The van der Waals surface area contributed by atoms with Crippen LogP contribution in [0.25, 0.3) is 0 Å². The first-order chi connectivity index (χ1) is 5.43. The van der Waals surface area contributed by atoms with E-state index >= 15 is 0 Å². The summed E-state index contributed by atoms with van der Waals surface area (Å²) in [5.74, 6) is 0. The van der Waals surface area contributed by atoms with Gasteiger partial charge in [-0.15, -0.1) is 0 Å². The molecule has 0 N–H and O–H groups in total. The molecule has 0 unspecified atom stereocenters. The van der Waals surface area contributed by atoms with Gasteiger partial charge in [-0.25, -0.2) is 0 Å². The van der Waals surface area contributed by atoms with Crippen molar-refractivity contribution in [3.63, 3.8) is 0 Å². The van der Waals surface area contributed by atoms with E-state index < -0.39 is 0 Å². The predicted octanol–water partition coefficient (Wildman–Crippen LogP) is 2.87. The molecule has 0 aromatic rings. The third-order valence-corrected chi connectivity index (χ3v) is 1.47. The van der Waals surface area contributed by atoms with Crippen LogP contribution < -0.4 is 0 Å². The quantitative estimate of drug-likeness (QED) is 0.569. The zero-order chi connectivity index (χ0) is 7.94. The summed E-state index contributed by atoms with van der Waals surface area (Å²) in [6.07, 6.45) is 14.2. The lowest BCUT2D eigenvalue weighted by molar-refractivity contribution is 1.22. The number of hydrogen-bond donors (Lipinski definition) is 0. The van der Waals surface area contributed by atoms with Crippen molar-refractivity contribution in [2.24, 2.45) is 4.99 Å². The highest BCUT2D eigenvalue weighted by Crippen LogP contribution is 2.04. The Morgan fingerprint density at radius 2 is 2.55 bits per heavy atom. The lowest BCUT2D eigenvalue weighted by Gasteiger charge is -1.97. The van der Waals surface area contributed by atoms with Gasteiger partial charge in [0.2, 0.25) is 0 Å². The first-order valence-electron chi connectivity index (χ1n) is 3.97. The average Bonchev–Trinajstić information content (AvgIpc) is 2.07. The monoisotopic (exact) mass is 147 g/mol. The molecule has 1 heteroatoms. The molecule has 1 aliphatic rings. The van der Waals surface area contributed by atoms with Crippen LogP contribution >= 0.6 is 0 Å². The van der Waals surface area contributed by atoms with Gasteiger partial charge in [-0.1, -0.05) is 31.2 Å². The van der Waals surface area contributed by atoms with E-state index in [1.807, 2.05) is 12.4 Å². The molecule has 0 atom stereocenters. The van der Waals surface area contributed by atoms with Gasteiger partial charge in [-0.3, -0.25) is 4.99 Å². The van der Waals surface area contributed by atoms with E-state index in [0.717, 1.165) is 12.8 Å². The SMILES string of the molecule is CC/C=C\C=C1\C=NC=CC1. The highest BCUT2D eigenvalue weighted by atomic mass is 14.7. The molecule has 0 saturated heterocycles. The molecule has 0 aliphatic carbocycles. The van der Waals surface area contributed by atoms with Crippen LogP contribution in [0.5, 0.6) is 0 Å². The molecule has 1 nitrogen and oxygen atoms in total. The van der Waals surface area contributed by atoms with Crippen molar-refractivity contribution in [1.82, 2.24) is 0 Å². The number of nitrogens with zero attached hydrogens (tertiary/aromatic N) is 1. The van der Waals surface area contributed by atoms with Gasteiger partial charge in [-0.2, -0.15) is 0 Å². The molecule has 1 aliphatic heterocycles. The molecule has 1 rings (SSSR count). The summed E-state index contributed by atoms with van der Waals surface area (Å²) in [5, 5.41) is 0. The van der Waals surface area contributed by atoms with Gasteiger partial charge in [0, 0.05) is 12.4 Å². The zero-order valence-corrected chi connectivity index (χ0v) is 6.83. The molecule has 0 amide bonds. The van der Waals surface area contributed by atoms with Crippen molar-refractivity contribution in [2.75, 3.05) is 0 Å². The Hall–Kier alpha value is -1.11. The van der Waals surface area contributed by atoms with Gasteiger partial charge in [-0.05, 0) is 18.4 Å². The summed E-state index contributed by atoms with van der Waals surface area (Å²) < 4.78 is 0. The molecule has 0 spiro atoms.